The van der Waals surface area contributed by atoms with Gasteiger partial charge in [-0.1, -0.05) is 18.2 Å². The van der Waals surface area contributed by atoms with Crippen LogP contribution in [0.25, 0.3) is 10.9 Å². The van der Waals surface area contributed by atoms with Crippen molar-refractivity contribution in [3.8, 4) is 0 Å². The fraction of sp³-hybridized carbons (Fsp3) is 0.412. The van der Waals surface area contributed by atoms with Gasteiger partial charge >= 0.3 is 6.09 Å². The quantitative estimate of drug-likeness (QED) is 0.851. The number of nitrogens with one attached hydrogen (secondary N) is 2. The van der Waals surface area contributed by atoms with Crippen LogP contribution < -0.4 is 10.6 Å². The van der Waals surface area contributed by atoms with Gasteiger partial charge in [0.05, 0.1) is 5.56 Å². The number of nitrogens with zero attached hydrogens (tertiary/aromatic N) is 1. The topological polar surface area (TPSA) is 72.4 Å². The lowest BCUT2D eigenvalue weighted by atomic mass is 10.1. The molecule has 1 aromatic carbocycles. The molecule has 0 unspecified atom stereocenters. The van der Waals surface area contributed by atoms with Crippen LogP contribution >= 0.6 is 0 Å². The Bertz CT molecular complexity index is 713. The van der Waals surface area contributed by atoms with Gasteiger partial charge in [-0.2, -0.15) is 0 Å². The molecule has 1 heterocycles. The minimum absolute atomic E-state index is 0.159. The molecular formula is C17H23N3O3. The zero-order valence-corrected chi connectivity index (χ0v) is 14.0. The van der Waals surface area contributed by atoms with E-state index in [-0.39, 0.29) is 5.91 Å². The molecular weight excluding hydrogens is 294 g/mol. The van der Waals surface area contributed by atoms with E-state index in [1.54, 1.807) is 27.0 Å². The molecule has 2 N–H and O–H groups in total. The van der Waals surface area contributed by atoms with Crippen molar-refractivity contribution < 1.29 is 14.3 Å². The maximum absolute atomic E-state index is 12.3. The summed E-state index contributed by atoms with van der Waals surface area (Å²) in [4.78, 5) is 23.8. The summed E-state index contributed by atoms with van der Waals surface area (Å²) in [6.07, 6.45) is 1.32. The number of fused-ring (bicyclic) bond motifs is 1. The molecule has 23 heavy (non-hydrogen) atoms. The number of ether oxygens (including phenoxy) is 1. The van der Waals surface area contributed by atoms with Gasteiger partial charge in [-0.15, -0.1) is 0 Å². The van der Waals surface area contributed by atoms with Gasteiger partial charge in [0.25, 0.3) is 5.91 Å². The summed E-state index contributed by atoms with van der Waals surface area (Å²) >= 11 is 0. The van der Waals surface area contributed by atoms with Gasteiger partial charge in [0.15, 0.2) is 0 Å². The highest BCUT2D eigenvalue weighted by Crippen LogP contribution is 2.19. The predicted molar refractivity (Wildman–Crippen MR) is 89.5 cm³/mol. The van der Waals surface area contributed by atoms with E-state index in [2.05, 4.69) is 10.6 Å². The number of rotatable bonds is 4. The Balaban J connectivity index is 1.87. The van der Waals surface area contributed by atoms with E-state index in [1.807, 2.05) is 35.9 Å². The summed E-state index contributed by atoms with van der Waals surface area (Å²) in [5.74, 6) is -0.159. The highest BCUT2D eigenvalue weighted by atomic mass is 16.6. The van der Waals surface area contributed by atoms with Gasteiger partial charge in [-0.05, 0) is 26.8 Å². The highest BCUT2D eigenvalue weighted by molar-refractivity contribution is 6.06. The first-order valence-corrected chi connectivity index (χ1v) is 7.57. The van der Waals surface area contributed by atoms with Gasteiger partial charge in [-0.25, -0.2) is 4.79 Å². The fourth-order valence-corrected chi connectivity index (χ4v) is 2.27. The molecule has 124 valence electrons. The molecule has 2 aromatic rings. The number of amides is 2. The molecule has 1 aromatic heterocycles. The van der Waals surface area contributed by atoms with Crippen LogP contribution in [0.15, 0.2) is 30.5 Å². The van der Waals surface area contributed by atoms with Crippen LogP contribution in [0, 0.1) is 0 Å². The van der Waals surface area contributed by atoms with Gasteiger partial charge in [0, 0.05) is 37.2 Å². The Kier molecular flexibility index (Phi) is 4.93. The molecule has 0 aliphatic heterocycles. The second kappa shape index (κ2) is 6.73. The van der Waals surface area contributed by atoms with Crippen molar-refractivity contribution in [1.29, 1.82) is 0 Å². The van der Waals surface area contributed by atoms with E-state index in [1.165, 1.54) is 0 Å². The molecule has 0 atom stereocenters. The number of hydrogen-bond donors (Lipinski definition) is 2. The van der Waals surface area contributed by atoms with Gasteiger partial charge in [0.2, 0.25) is 0 Å². The standard InChI is InChI=1S/C17H23N3O3/c1-17(2,3)23-16(22)19-10-9-18-15(21)13-11-20(4)14-8-6-5-7-12(13)14/h5-8,11H,9-10H2,1-4H3,(H,18,21)(H,19,22). The van der Waals surface area contributed by atoms with Crippen molar-refractivity contribution in [2.24, 2.45) is 7.05 Å². The Morgan fingerprint density at radius 3 is 2.48 bits per heavy atom. The average Bonchev–Trinajstić information content (AvgIpc) is 2.79. The van der Waals surface area contributed by atoms with Gasteiger partial charge in [-0.3, -0.25) is 4.79 Å². The van der Waals surface area contributed by atoms with E-state index >= 15 is 0 Å². The summed E-state index contributed by atoms with van der Waals surface area (Å²) < 4.78 is 7.04. The number of aromatic nitrogens is 1. The molecule has 0 aliphatic rings. The lowest BCUT2D eigenvalue weighted by Gasteiger charge is -2.19. The van der Waals surface area contributed by atoms with E-state index in [4.69, 9.17) is 4.74 Å². The van der Waals surface area contributed by atoms with Crippen LogP contribution in [0.2, 0.25) is 0 Å². The molecule has 6 nitrogen and oxygen atoms in total. The highest BCUT2D eigenvalue weighted by Gasteiger charge is 2.16. The summed E-state index contributed by atoms with van der Waals surface area (Å²) in [6.45, 7) is 6.05. The average molecular weight is 317 g/mol. The van der Waals surface area contributed by atoms with Crippen LogP contribution in [-0.4, -0.2) is 35.3 Å². The minimum atomic E-state index is -0.531. The van der Waals surface area contributed by atoms with Gasteiger partial charge in [0.1, 0.15) is 5.60 Å². The zero-order chi connectivity index (χ0) is 17.0. The van der Waals surface area contributed by atoms with E-state index in [0.717, 1.165) is 10.9 Å². The van der Waals surface area contributed by atoms with Crippen molar-refractivity contribution >= 4 is 22.9 Å². The Morgan fingerprint density at radius 1 is 1.13 bits per heavy atom. The van der Waals surface area contributed by atoms with Crippen LogP contribution in [0.5, 0.6) is 0 Å². The number of hydrogen-bond acceptors (Lipinski definition) is 3. The van der Waals surface area contributed by atoms with Crippen LogP contribution in [-0.2, 0) is 11.8 Å². The molecule has 2 amide bonds. The number of benzene rings is 1. The maximum Gasteiger partial charge on any atom is 0.407 e. The molecule has 6 heteroatoms. The number of alkyl carbamates (subject to hydrolysis) is 1. The number of carbonyl (C=O) groups is 2. The predicted octanol–water partition coefficient (Wildman–Crippen LogP) is 2.43. The third kappa shape index (κ3) is 4.48. The molecule has 0 radical (unpaired) electrons. The normalized spacial score (nSPS) is 11.3. The molecule has 0 bridgehead atoms. The number of carbonyl (C=O) groups excluding carboxylic acids is 2. The molecule has 0 saturated heterocycles. The van der Waals surface area contributed by atoms with E-state index in [0.29, 0.717) is 18.7 Å². The van der Waals surface area contributed by atoms with Crippen molar-refractivity contribution in [3.63, 3.8) is 0 Å². The lowest BCUT2D eigenvalue weighted by Crippen LogP contribution is -2.37. The first-order chi connectivity index (χ1) is 10.8. The molecule has 0 aliphatic carbocycles. The summed E-state index contributed by atoms with van der Waals surface area (Å²) in [7, 11) is 1.91. The maximum atomic E-state index is 12.3. The third-order valence-corrected chi connectivity index (χ3v) is 3.22. The largest absolute Gasteiger partial charge is 0.444 e. The Labute approximate surface area is 135 Å². The SMILES string of the molecule is Cn1cc(C(=O)NCCNC(=O)OC(C)(C)C)c2ccccc21. The monoisotopic (exact) mass is 317 g/mol. The first-order valence-electron chi connectivity index (χ1n) is 7.57. The van der Waals surface area contributed by atoms with Crippen LogP contribution in [0.4, 0.5) is 4.79 Å². The smallest absolute Gasteiger partial charge is 0.407 e. The van der Waals surface area contributed by atoms with Crippen LogP contribution in [0.3, 0.4) is 0 Å². The van der Waals surface area contributed by atoms with Crippen molar-refractivity contribution in [3.05, 3.63) is 36.0 Å². The number of aryl methyl sites for hydroxylation is 1. The Morgan fingerprint density at radius 2 is 1.78 bits per heavy atom. The molecule has 0 fully saturated rings. The zero-order valence-electron chi connectivity index (χ0n) is 14.0. The Hall–Kier alpha value is -2.50. The third-order valence-electron chi connectivity index (χ3n) is 3.22. The lowest BCUT2D eigenvalue weighted by molar-refractivity contribution is 0.0526. The van der Waals surface area contributed by atoms with Gasteiger partial charge < -0.3 is 19.9 Å². The first kappa shape index (κ1) is 16.9. The fourth-order valence-electron chi connectivity index (χ4n) is 2.27. The molecule has 2 rings (SSSR count). The number of para-hydroxylation sites is 1. The van der Waals surface area contributed by atoms with Crippen molar-refractivity contribution in [2.45, 2.75) is 26.4 Å². The second-order valence-electron chi connectivity index (χ2n) is 6.36. The summed E-state index contributed by atoms with van der Waals surface area (Å²) in [5.41, 5.74) is 1.10. The summed E-state index contributed by atoms with van der Waals surface area (Å²) in [6, 6.07) is 7.73. The summed E-state index contributed by atoms with van der Waals surface area (Å²) in [5, 5.41) is 6.32. The van der Waals surface area contributed by atoms with E-state index in [9.17, 15) is 9.59 Å². The van der Waals surface area contributed by atoms with Crippen molar-refractivity contribution in [1.82, 2.24) is 15.2 Å². The van der Waals surface area contributed by atoms with Crippen LogP contribution in [0.1, 0.15) is 31.1 Å². The van der Waals surface area contributed by atoms with E-state index < -0.39 is 11.7 Å². The second-order valence-corrected chi connectivity index (χ2v) is 6.36. The molecule has 0 saturated carbocycles. The van der Waals surface area contributed by atoms with Crippen molar-refractivity contribution in [2.75, 3.05) is 13.1 Å². The molecule has 0 spiro atoms. The minimum Gasteiger partial charge on any atom is -0.444 e.